The molecule has 9 heteroatoms. The van der Waals surface area contributed by atoms with Crippen molar-refractivity contribution < 1.29 is 23.4 Å². The van der Waals surface area contributed by atoms with E-state index >= 15 is 0 Å². The number of furan rings is 1. The van der Waals surface area contributed by atoms with Gasteiger partial charge in [0, 0.05) is 11.6 Å². The molecule has 0 amide bonds. The molecule has 0 saturated heterocycles. The standard InChI is InChI=1S/C25H26N2O6S/c1-5-12-33-22-17(10-7-11-18(22)30-4)21-20(24(29)31-6-2)15(3)26-25-27(21)23(28)19(34-25)14-16-9-8-13-32-16/h7-11,13-14,21H,5-6,12H2,1-4H3/b19-14-/t21-/m0/s1. The highest BCUT2D eigenvalue weighted by Crippen LogP contribution is 2.40. The number of esters is 1. The first-order valence-corrected chi connectivity index (χ1v) is 11.8. The van der Waals surface area contributed by atoms with Crippen molar-refractivity contribution in [1.29, 1.82) is 0 Å². The van der Waals surface area contributed by atoms with Gasteiger partial charge in [0.05, 0.1) is 42.4 Å². The van der Waals surface area contributed by atoms with Crippen molar-refractivity contribution in [3.63, 3.8) is 0 Å². The molecule has 2 aromatic heterocycles. The zero-order valence-corrected chi connectivity index (χ0v) is 20.3. The Bertz CT molecular complexity index is 1400. The summed E-state index contributed by atoms with van der Waals surface area (Å²) in [4.78, 5) is 31.8. The fraction of sp³-hybridized carbons (Fsp3) is 0.320. The predicted octanol–water partition coefficient (Wildman–Crippen LogP) is 3.19. The van der Waals surface area contributed by atoms with Crippen molar-refractivity contribution in [3.8, 4) is 11.5 Å². The van der Waals surface area contributed by atoms with Crippen molar-refractivity contribution in [2.75, 3.05) is 20.3 Å². The molecular formula is C25H26N2O6S. The second-order valence-electron chi connectivity index (χ2n) is 7.54. The van der Waals surface area contributed by atoms with Gasteiger partial charge in [0.1, 0.15) is 11.8 Å². The van der Waals surface area contributed by atoms with E-state index in [4.69, 9.17) is 18.6 Å². The van der Waals surface area contributed by atoms with Crippen molar-refractivity contribution in [1.82, 2.24) is 4.57 Å². The lowest BCUT2D eigenvalue weighted by atomic mass is 9.94. The van der Waals surface area contributed by atoms with Gasteiger partial charge < -0.3 is 18.6 Å². The number of ether oxygens (including phenoxy) is 3. The normalized spacial score (nSPS) is 15.6. The number of fused-ring (bicyclic) bond motifs is 1. The number of methoxy groups -OCH3 is 1. The molecule has 1 aliphatic rings. The summed E-state index contributed by atoms with van der Waals surface area (Å²) >= 11 is 1.23. The van der Waals surface area contributed by atoms with Gasteiger partial charge in [-0.25, -0.2) is 9.79 Å². The van der Waals surface area contributed by atoms with E-state index < -0.39 is 12.0 Å². The van der Waals surface area contributed by atoms with Gasteiger partial charge in [0.2, 0.25) is 0 Å². The van der Waals surface area contributed by atoms with Gasteiger partial charge in [-0.15, -0.1) is 0 Å². The van der Waals surface area contributed by atoms with Gasteiger partial charge in [-0.05, 0) is 38.5 Å². The van der Waals surface area contributed by atoms with Gasteiger partial charge >= 0.3 is 5.97 Å². The molecular weight excluding hydrogens is 456 g/mol. The van der Waals surface area contributed by atoms with Crippen molar-refractivity contribution in [2.24, 2.45) is 4.99 Å². The summed E-state index contributed by atoms with van der Waals surface area (Å²) in [5.41, 5.74) is 1.10. The van der Waals surface area contributed by atoms with E-state index in [1.807, 2.05) is 19.1 Å². The molecule has 3 heterocycles. The SMILES string of the molecule is CCCOc1c(OC)cccc1[C@H]1C(C(=O)OCC)=C(C)N=c2s/c(=C\c3ccco3)c(=O)n21. The molecule has 1 aliphatic heterocycles. The molecule has 0 N–H and O–H groups in total. The number of hydrogen-bond acceptors (Lipinski definition) is 8. The first-order chi connectivity index (χ1) is 16.5. The minimum atomic E-state index is -0.795. The average Bonchev–Trinajstić information content (AvgIpc) is 3.44. The van der Waals surface area contributed by atoms with Crippen LogP contribution in [0.25, 0.3) is 6.08 Å². The van der Waals surface area contributed by atoms with E-state index in [1.54, 1.807) is 51.5 Å². The molecule has 0 fully saturated rings. The number of rotatable bonds is 8. The Morgan fingerprint density at radius 1 is 1.26 bits per heavy atom. The maximum atomic E-state index is 13.6. The summed E-state index contributed by atoms with van der Waals surface area (Å²) in [6, 6.07) is 8.15. The van der Waals surface area contributed by atoms with Gasteiger partial charge in [-0.3, -0.25) is 9.36 Å². The third-order valence-electron chi connectivity index (χ3n) is 5.31. The Kier molecular flexibility index (Phi) is 7.02. The molecule has 34 heavy (non-hydrogen) atoms. The van der Waals surface area contributed by atoms with Crippen molar-refractivity contribution in [2.45, 2.75) is 33.2 Å². The van der Waals surface area contributed by atoms with E-state index in [-0.39, 0.29) is 17.7 Å². The zero-order valence-electron chi connectivity index (χ0n) is 19.5. The van der Waals surface area contributed by atoms with E-state index in [9.17, 15) is 9.59 Å². The molecule has 178 valence electrons. The fourth-order valence-electron chi connectivity index (χ4n) is 3.86. The molecule has 0 unspecified atom stereocenters. The van der Waals surface area contributed by atoms with Gasteiger partial charge in [-0.1, -0.05) is 30.4 Å². The highest BCUT2D eigenvalue weighted by molar-refractivity contribution is 7.07. The summed E-state index contributed by atoms with van der Waals surface area (Å²) in [7, 11) is 1.56. The number of nitrogens with zero attached hydrogens (tertiary/aromatic N) is 2. The monoisotopic (exact) mass is 482 g/mol. The van der Waals surface area contributed by atoms with Gasteiger partial charge in [-0.2, -0.15) is 0 Å². The number of thiazole rings is 1. The summed E-state index contributed by atoms with van der Waals surface area (Å²) in [5, 5.41) is 0. The lowest BCUT2D eigenvalue weighted by Gasteiger charge is -2.27. The van der Waals surface area contributed by atoms with Gasteiger partial charge in [0.25, 0.3) is 5.56 Å². The van der Waals surface area contributed by atoms with Crippen LogP contribution in [0.5, 0.6) is 11.5 Å². The molecule has 0 bridgehead atoms. The molecule has 0 spiro atoms. The first kappa shape index (κ1) is 23.6. The van der Waals surface area contributed by atoms with E-state index in [0.717, 1.165) is 6.42 Å². The molecule has 0 saturated carbocycles. The Balaban J connectivity index is 2.01. The van der Waals surface area contributed by atoms with Crippen molar-refractivity contribution >= 4 is 23.4 Å². The van der Waals surface area contributed by atoms with Crippen LogP contribution in [0.4, 0.5) is 0 Å². The second kappa shape index (κ2) is 10.1. The van der Waals surface area contributed by atoms with Crippen LogP contribution in [0.3, 0.4) is 0 Å². The molecule has 1 atom stereocenters. The van der Waals surface area contributed by atoms with E-state index in [0.29, 0.717) is 44.5 Å². The van der Waals surface area contributed by atoms with Crippen LogP contribution in [-0.2, 0) is 9.53 Å². The number of benzene rings is 1. The topological polar surface area (TPSA) is 92.3 Å². The Morgan fingerprint density at radius 2 is 2.09 bits per heavy atom. The largest absolute Gasteiger partial charge is 0.493 e. The quantitative estimate of drug-likeness (QED) is 0.458. The summed E-state index contributed by atoms with van der Waals surface area (Å²) in [5.74, 6) is 1.02. The Hall–Kier alpha value is -3.59. The molecule has 3 aromatic rings. The van der Waals surface area contributed by atoms with Crippen LogP contribution in [-0.4, -0.2) is 30.9 Å². The van der Waals surface area contributed by atoms with E-state index in [2.05, 4.69) is 4.99 Å². The van der Waals surface area contributed by atoms with Crippen molar-refractivity contribution in [3.05, 3.63) is 78.9 Å². The fourth-order valence-corrected chi connectivity index (χ4v) is 4.88. The van der Waals surface area contributed by atoms with Crippen LogP contribution < -0.4 is 24.4 Å². The smallest absolute Gasteiger partial charge is 0.338 e. The first-order valence-electron chi connectivity index (χ1n) is 11.0. The van der Waals surface area contributed by atoms with Crippen LogP contribution in [0.1, 0.15) is 44.6 Å². The van der Waals surface area contributed by atoms with Gasteiger partial charge in [0.15, 0.2) is 16.3 Å². The van der Waals surface area contributed by atoms with Crippen LogP contribution in [0.2, 0.25) is 0 Å². The Labute approximate surface area is 200 Å². The maximum absolute atomic E-state index is 13.6. The third kappa shape index (κ3) is 4.31. The lowest BCUT2D eigenvalue weighted by molar-refractivity contribution is -0.139. The minimum Gasteiger partial charge on any atom is -0.493 e. The predicted molar refractivity (Wildman–Crippen MR) is 128 cm³/mol. The molecule has 1 aromatic carbocycles. The van der Waals surface area contributed by atoms with E-state index in [1.165, 1.54) is 15.9 Å². The average molecular weight is 483 g/mol. The lowest BCUT2D eigenvalue weighted by Crippen LogP contribution is -2.40. The second-order valence-corrected chi connectivity index (χ2v) is 8.55. The summed E-state index contributed by atoms with van der Waals surface area (Å²) in [6.07, 6.45) is 4.00. The number of allylic oxidation sites excluding steroid dienone is 1. The molecule has 0 radical (unpaired) electrons. The zero-order chi connectivity index (χ0) is 24.2. The van der Waals surface area contributed by atoms with Crippen LogP contribution >= 0.6 is 11.3 Å². The summed E-state index contributed by atoms with van der Waals surface area (Å²) < 4.78 is 24.3. The molecule has 4 rings (SSSR count). The number of carbonyl (C=O) groups is 1. The number of aromatic nitrogens is 1. The summed E-state index contributed by atoms with van der Waals surface area (Å²) in [6.45, 7) is 6.13. The third-order valence-corrected chi connectivity index (χ3v) is 6.29. The Morgan fingerprint density at radius 3 is 2.76 bits per heavy atom. The highest BCUT2D eigenvalue weighted by atomic mass is 32.1. The van der Waals surface area contributed by atoms with Crippen LogP contribution in [0.15, 0.2) is 62.1 Å². The number of hydrogen-bond donors (Lipinski definition) is 0. The molecule has 8 nitrogen and oxygen atoms in total. The minimum absolute atomic E-state index is 0.197. The van der Waals surface area contributed by atoms with Crippen LogP contribution in [0, 0.1) is 0 Å². The number of carbonyl (C=O) groups excluding carboxylic acids is 1. The number of para-hydroxylation sites is 1. The maximum Gasteiger partial charge on any atom is 0.338 e. The molecule has 0 aliphatic carbocycles. The highest BCUT2D eigenvalue weighted by Gasteiger charge is 2.36.